The third kappa shape index (κ3) is 9.73. The van der Waals surface area contributed by atoms with E-state index in [1.54, 1.807) is 4.90 Å². The predicted octanol–water partition coefficient (Wildman–Crippen LogP) is 2.29. The van der Waals surface area contributed by atoms with Gasteiger partial charge < -0.3 is 15.0 Å². The highest BCUT2D eigenvalue weighted by molar-refractivity contribution is 5.88. The van der Waals surface area contributed by atoms with Crippen LogP contribution >= 0.6 is 0 Å². The molecule has 1 saturated heterocycles. The van der Waals surface area contributed by atoms with Crippen LogP contribution in [0.2, 0.25) is 0 Å². The van der Waals surface area contributed by atoms with Crippen molar-refractivity contribution in [2.75, 3.05) is 45.9 Å². The van der Waals surface area contributed by atoms with Crippen molar-refractivity contribution in [3.8, 4) is 0 Å². The van der Waals surface area contributed by atoms with Crippen molar-refractivity contribution in [3.05, 3.63) is 0 Å². The summed E-state index contributed by atoms with van der Waals surface area (Å²) in [5.41, 5.74) is 0. The molecule has 164 valence electrons. The van der Waals surface area contributed by atoms with Gasteiger partial charge in [0.15, 0.2) is 0 Å². The zero-order chi connectivity index (χ0) is 21.3. The highest BCUT2D eigenvalue weighted by Crippen LogP contribution is 2.15. The van der Waals surface area contributed by atoms with Gasteiger partial charge in [-0.3, -0.25) is 14.5 Å². The van der Waals surface area contributed by atoms with Crippen LogP contribution in [0.1, 0.15) is 40.5 Å². The number of hydrogen-bond donors (Lipinski definition) is 1. The Balaban J connectivity index is 2.37. The van der Waals surface area contributed by atoms with E-state index in [9.17, 15) is 22.8 Å². The molecule has 0 bridgehead atoms. The lowest BCUT2D eigenvalue weighted by molar-refractivity contribution is -0.174. The Morgan fingerprint density at radius 2 is 1.68 bits per heavy atom. The van der Waals surface area contributed by atoms with Crippen LogP contribution in [0.4, 0.5) is 13.2 Å². The van der Waals surface area contributed by atoms with Gasteiger partial charge in [-0.2, -0.15) is 13.2 Å². The van der Waals surface area contributed by atoms with Gasteiger partial charge in [-0.1, -0.05) is 27.7 Å². The Kier molecular flexibility index (Phi) is 10.2. The number of amides is 2. The molecule has 1 aliphatic rings. The summed E-state index contributed by atoms with van der Waals surface area (Å²) in [6.07, 6.45) is -3.38. The number of hydrogen-bond acceptors (Lipinski definition) is 4. The van der Waals surface area contributed by atoms with E-state index in [2.05, 4.69) is 15.0 Å². The molecule has 1 N–H and O–H groups in total. The Bertz CT molecular complexity index is 491. The monoisotopic (exact) mass is 409 g/mol. The Hall–Kier alpha value is -1.35. The van der Waals surface area contributed by atoms with E-state index >= 15 is 0 Å². The lowest BCUT2D eigenvalue weighted by Gasteiger charge is -2.37. The second kappa shape index (κ2) is 11.6. The van der Waals surface area contributed by atoms with Crippen molar-refractivity contribution >= 4 is 11.8 Å². The number of carbonyl (C=O) groups excluding carboxylic acids is 2. The minimum atomic E-state index is -4.29. The number of nitrogens with one attached hydrogen (secondary N) is 1. The molecule has 0 spiro atoms. The molecule has 0 aliphatic carbocycles. The van der Waals surface area contributed by atoms with Crippen molar-refractivity contribution in [1.82, 2.24) is 15.1 Å². The quantitative estimate of drug-likeness (QED) is 0.563. The molecule has 1 unspecified atom stereocenters. The molecule has 0 radical (unpaired) electrons. The normalized spacial score (nSPS) is 17.2. The van der Waals surface area contributed by atoms with Gasteiger partial charge in [0.25, 0.3) is 0 Å². The summed E-state index contributed by atoms with van der Waals surface area (Å²) in [6.45, 7) is 9.65. The first-order chi connectivity index (χ1) is 13.0. The average molecular weight is 409 g/mol. The summed E-state index contributed by atoms with van der Waals surface area (Å²) in [4.78, 5) is 28.8. The Labute approximate surface area is 165 Å². The zero-order valence-corrected chi connectivity index (χ0v) is 17.3. The number of carbonyl (C=O) groups is 2. The molecule has 1 heterocycles. The number of rotatable bonds is 10. The van der Waals surface area contributed by atoms with E-state index in [0.717, 1.165) is 0 Å². The third-order valence-corrected chi connectivity index (χ3v) is 4.56. The molecular formula is C19H34F3N3O3. The summed E-state index contributed by atoms with van der Waals surface area (Å²) in [6, 6.07) is -0.534. The number of halogens is 3. The van der Waals surface area contributed by atoms with Crippen molar-refractivity contribution in [2.45, 2.75) is 52.8 Å². The second-order valence-corrected chi connectivity index (χ2v) is 8.08. The molecule has 0 saturated carbocycles. The van der Waals surface area contributed by atoms with E-state index in [0.29, 0.717) is 45.6 Å². The molecular weight excluding hydrogens is 375 g/mol. The molecule has 0 aromatic carbocycles. The van der Waals surface area contributed by atoms with Gasteiger partial charge >= 0.3 is 6.18 Å². The highest BCUT2D eigenvalue weighted by atomic mass is 19.4. The number of nitrogens with zero attached hydrogens (tertiary/aromatic N) is 2. The van der Waals surface area contributed by atoms with Gasteiger partial charge in [0, 0.05) is 45.8 Å². The summed E-state index contributed by atoms with van der Waals surface area (Å²) in [5.74, 6) is 0.0406. The van der Waals surface area contributed by atoms with Gasteiger partial charge in [-0.05, 0) is 18.3 Å². The fourth-order valence-electron chi connectivity index (χ4n) is 3.08. The summed E-state index contributed by atoms with van der Waals surface area (Å²) in [5, 5.41) is 2.86. The van der Waals surface area contributed by atoms with E-state index in [1.807, 2.05) is 27.7 Å². The molecule has 9 heteroatoms. The van der Waals surface area contributed by atoms with E-state index < -0.39 is 18.8 Å². The molecule has 28 heavy (non-hydrogen) atoms. The maximum Gasteiger partial charge on any atom is 0.411 e. The SMILES string of the molecule is CC(C)CC(=O)NC(C(=O)N1CCN(CCCOCC(F)(F)F)CC1)C(C)C. The third-order valence-electron chi connectivity index (χ3n) is 4.56. The molecule has 1 aliphatic heterocycles. The van der Waals surface area contributed by atoms with Crippen LogP contribution < -0.4 is 5.32 Å². The van der Waals surface area contributed by atoms with Gasteiger partial charge in [-0.15, -0.1) is 0 Å². The molecule has 1 fully saturated rings. The maximum atomic E-state index is 12.8. The highest BCUT2D eigenvalue weighted by Gasteiger charge is 2.31. The number of ether oxygens (including phenoxy) is 1. The van der Waals surface area contributed by atoms with Crippen LogP contribution in [-0.4, -0.2) is 79.8 Å². The lowest BCUT2D eigenvalue weighted by atomic mass is 10.0. The molecule has 1 rings (SSSR count). The van der Waals surface area contributed by atoms with Crippen molar-refractivity contribution in [3.63, 3.8) is 0 Å². The molecule has 6 nitrogen and oxygen atoms in total. The standard InChI is InChI=1S/C19H34F3N3O3/c1-14(2)12-16(26)23-17(15(3)4)18(27)25-9-7-24(8-10-25)6-5-11-28-13-19(20,21)22/h14-15,17H,5-13H2,1-4H3,(H,23,26). The molecule has 1 atom stereocenters. The minimum absolute atomic E-state index is 0.00702. The first-order valence-corrected chi connectivity index (χ1v) is 9.94. The fraction of sp³-hybridized carbons (Fsp3) is 0.895. The average Bonchev–Trinajstić information content (AvgIpc) is 2.57. The first-order valence-electron chi connectivity index (χ1n) is 9.94. The van der Waals surface area contributed by atoms with Crippen LogP contribution in [0.25, 0.3) is 0 Å². The number of piperazine rings is 1. The van der Waals surface area contributed by atoms with Gasteiger partial charge in [0.05, 0.1) is 0 Å². The van der Waals surface area contributed by atoms with E-state index in [4.69, 9.17) is 0 Å². The first kappa shape index (κ1) is 24.7. The van der Waals surface area contributed by atoms with Crippen LogP contribution in [-0.2, 0) is 14.3 Å². The van der Waals surface area contributed by atoms with Gasteiger partial charge in [-0.25, -0.2) is 0 Å². The van der Waals surface area contributed by atoms with Crippen LogP contribution in [0, 0.1) is 11.8 Å². The van der Waals surface area contributed by atoms with E-state index in [-0.39, 0.29) is 30.3 Å². The molecule has 0 aromatic heterocycles. The maximum absolute atomic E-state index is 12.8. The minimum Gasteiger partial charge on any atom is -0.372 e. The van der Waals surface area contributed by atoms with Crippen molar-refractivity contribution in [2.24, 2.45) is 11.8 Å². The zero-order valence-electron chi connectivity index (χ0n) is 17.3. The lowest BCUT2D eigenvalue weighted by Crippen LogP contribution is -2.56. The summed E-state index contributed by atoms with van der Waals surface area (Å²) >= 11 is 0. The van der Waals surface area contributed by atoms with Crippen LogP contribution in [0.3, 0.4) is 0 Å². The van der Waals surface area contributed by atoms with E-state index in [1.165, 1.54) is 0 Å². The predicted molar refractivity (Wildman–Crippen MR) is 101 cm³/mol. The number of alkyl halides is 3. The van der Waals surface area contributed by atoms with Crippen molar-refractivity contribution in [1.29, 1.82) is 0 Å². The largest absolute Gasteiger partial charge is 0.411 e. The molecule has 0 aromatic rings. The summed E-state index contributed by atoms with van der Waals surface area (Å²) in [7, 11) is 0. The smallest absolute Gasteiger partial charge is 0.372 e. The topological polar surface area (TPSA) is 61.9 Å². The Morgan fingerprint density at radius 1 is 1.07 bits per heavy atom. The summed E-state index contributed by atoms with van der Waals surface area (Å²) < 4.78 is 40.7. The fourth-order valence-corrected chi connectivity index (χ4v) is 3.08. The van der Waals surface area contributed by atoms with Crippen LogP contribution in [0.5, 0.6) is 0 Å². The Morgan fingerprint density at radius 3 is 2.18 bits per heavy atom. The van der Waals surface area contributed by atoms with Crippen molar-refractivity contribution < 1.29 is 27.5 Å². The molecule has 2 amide bonds. The van der Waals surface area contributed by atoms with Gasteiger partial charge in [0.2, 0.25) is 11.8 Å². The second-order valence-electron chi connectivity index (χ2n) is 8.08. The van der Waals surface area contributed by atoms with Gasteiger partial charge in [0.1, 0.15) is 12.6 Å². The van der Waals surface area contributed by atoms with Crippen LogP contribution in [0.15, 0.2) is 0 Å².